The summed E-state index contributed by atoms with van der Waals surface area (Å²) in [6, 6.07) is 5.29. The van der Waals surface area contributed by atoms with E-state index in [4.69, 9.17) is 26.6 Å². The van der Waals surface area contributed by atoms with Crippen LogP contribution in [0.4, 0.5) is 0 Å². The maximum Gasteiger partial charge on any atom is 0.268 e. The third-order valence-corrected chi connectivity index (χ3v) is 3.43. The van der Waals surface area contributed by atoms with E-state index in [9.17, 15) is 4.79 Å². The number of hydrazine groups is 1. The fourth-order valence-electron chi connectivity index (χ4n) is 1.80. The third-order valence-electron chi connectivity index (χ3n) is 2.84. The van der Waals surface area contributed by atoms with Gasteiger partial charge in [0.25, 0.3) is 5.91 Å². The number of halogens is 1. The zero-order valence-electron chi connectivity index (χ0n) is 11.2. The van der Waals surface area contributed by atoms with Gasteiger partial charge in [0, 0.05) is 5.02 Å². The van der Waals surface area contributed by atoms with Crippen LogP contribution in [0.5, 0.6) is 5.75 Å². The van der Waals surface area contributed by atoms with Gasteiger partial charge in [-0.2, -0.15) is 0 Å². The average molecular weight is 295 g/mol. The molecule has 1 aromatic carbocycles. The molecule has 20 heavy (non-hydrogen) atoms. The molecule has 2 aromatic rings. The minimum Gasteiger partial charge on any atom is -0.486 e. The number of rotatable bonds is 4. The van der Waals surface area contributed by atoms with Crippen LogP contribution in [0.3, 0.4) is 0 Å². The lowest BCUT2D eigenvalue weighted by Gasteiger charge is -2.08. The van der Waals surface area contributed by atoms with Gasteiger partial charge in [0.1, 0.15) is 24.4 Å². The number of nitrogen functional groups attached to an aromatic ring is 1. The molecule has 0 saturated heterocycles. The van der Waals surface area contributed by atoms with Crippen molar-refractivity contribution >= 4 is 17.5 Å². The van der Waals surface area contributed by atoms with Gasteiger partial charge >= 0.3 is 0 Å². The molecule has 1 amide bonds. The van der Waals surface area contributed by atoms with E-state index >= 15 is 0 Å². The molecular formula is C14H15ClN2O3. The summed E-state index contributed by atoms with van der Waals surface area (Å²) in [5.41, 5.74) is 4.29. The van der Waals surface area contributed by atoms with E-state index in [0.717, 1.165) is 16.1 Å². The molecule has 0 spiro atoms. The Balaban J connectivity index is 2.05. The van der Waals surface area contributed by atoms with Crippen molar-refractivity contribution in [3.05, 3.63) is 51.9 Å². The van der Waals surface area contributed by atoms with E-state index in [2.05, 4.69) is 0 Å². The largest absolute Gasteiger partial charge is 0.486 e. The monoisotopic (exact) mass is 294 g/mol. The van der Waals surface area contributed by atoms with Gasteiger partial charge in [-0.15, -0.1) is 0 Å². The Morgan fingerprint density at radius 2 is 2.00 bits per heavy atom. The standard InChI is InChI=1S/C14H15ClN2O3/c1-8-3-11(4-9(2)13(8)15)20-7-12-5-10(6-19-12)14(18)17-16/h3-6H,7,16H2,1-2H3,(H,17,18). The number of carbonyl (C=O) groups is 1. The second-order valence-electron chi connectivity index (χ2n) is 4.43. The second-order valence-corrected chi connectivity index (χ2v) is 4.81. The summed E-state index contributed by atoms with van der Waals surface area (Å²) in [5.74, 6) is 5.87. The first-order chi connectivity index (χ1) is 9.51. The number of benzene rings is 1. The lowest BCUT2D eigenvalue weighted by Crippen LogP contribution is -2.29. The minimum absolute atomic E-state index is 0.221. The number of hydrogen-bond acceptors (Lipinski definition) is 4. The molecule has 0 atom stereocenters. The number of amides is 1. The van der Waals surface area contributed by atoms with Gasteiger partial charge in [-0.3, -0.25) is 10.2 Å². The van der Waals surface area contributed by atoms with Crippen molar-refractivity contribution < 1.29 is 13.9 Å². The Morgan fingerprint density at radius 1 is 1.35 bits per heavy atom. The Labute approximate surface area is 121 Å². The van der Waals surface area contributed by atoms with Gasteiger partial charge in [0.2, 0.25) is 0 Å². The summed E-state index contributed by atoms with van der Waals surface area (Å²) in [6.07, 6.45) is 1.33. The zero-order chi connectivity index (χ0) is 14.7. The van der Waals surface area contributed by atoms with Gasteiger partial charge in [-0.05, 0) is 43.2 Å². The van der Waals surface area contributed by atoms with E-state index in [1.54, 1.807) is 6.07 Å². The van der Waals surface area contributed by atoms with Crippen molar-refractivity contribution in [2.24, 2.45) is 5.84 Å². The summed E-state index contributed by atoms with van der Waals surface area (Å²) in [6.45, 7) is 4.05. The molecule has 0 aliphatic rings. The van der Waals surface area contributed by atoms with E-state index in [1.807, 2.05) is 31.4 Å². The topological polar surface area (TPSA) is 77.5 Å². The van der Waals surface area contributed by atoms with E-state index in [1.165, 1.54) is 6.26 Å². The minimum atomic E-state index is -0.404. The lowest BCUT2D eigenvalue weighted by molar-refractivity contribution is 0.0953. The summed E-state index contributed by atoms with van der Waals surface area (Å²) < 4.78 is 10.8. The smallest absolute Gasteiger partial charge is 0.268 e. The summed E-state index contributed by atoms with van der Waals surface area (Å²) in [4.78, 5) is 11.3. The highest BCUT2D eigenvalue weighted by molar-refractivity contribution is 6.32. The van der Waals surface area contributed by atoms with Crippen molar-refractivity contribution in [2.45, 2.75) is 20.5 Å². The SMILES string of the molecule is Cc1cc(OCc2cc(C(=O)NN)co2)cc(C)c1Cl. The van der Waals surface area contributed by atoms with Crippen LogP contribution in [0, 0.1) is 13.8 Å². The van der Waals surface area contributed by atoms with Crippen LogP contribution in [0.25, 0.3) is 0 Å². The Morgan fingerprint density at radius 3 is 2.60 bits per heavy atom. The molecule has 1 heterocycles. The predicted octanol–water partition coefficient (Wildman–Crippen LogP) is 2.73. The molecule has 0 saturated carbocycles. The first-order valence-corrected chi connectivity index (χ1v) is 6.37. The zero-order valence-corrected chi connectivity index (χ0v) is 12.0. The summed E-state index contributed by atoms with van der Waals surface area (Å²) in [5, 5.41) is 0.734. The van der Waals surface area contributed by atoms with Crippen molar-refractivity contribution in [3.63, 3.8) is 0 Å². The van der Waals surface area contributed by atoms with Gasteiger partial charge < -0.3 is 9.15 Å². The summed E-state index contributed by atoms with van der Waals surface area (Å²) in [7, 11) is 0. The van der Waals surface area contributed by atoms with Crippen LogP contribution < -0.4 is 16.0 Å². The second kappa shape index (κ2) is 5.98. The number of hydrogen-bond donors (Lipinski definition) is 2. The third kappa shape index (κ3) is 3.12. The number of furan rings is 1. The molecule has 0 aliphatic heterocycles. The van der Waals surface area contributed by atoms with Gasteiger partial charge in [0.15, 0.2) is 0 Å². The number of nitrogens with two attached hydrogens (primary N) is 1. The van der Waals surface area contributed by atoms with Crippen molar-refractivity contribution in [1.82, 2.24) is 5.43 Å². The average Bonchev–Trinajstić information content (AvgIpc) is 2.90. The number of aryl methyl sites for hydroxylation is 2. The van der Waals surface area contributed by atoms with E-state index in [-0.39, 0.29) is 6.61 Å². The van der Waals surface area contributed by atoms with Crippen molar-refractivity contribution in [1.29, 1.82) is 0 Å². The van der Waals surface area contributed by atoms with Crippen molar-refractivity contribution in [3.8, 4) is 5.75 Å². The van der Waals surface area contributed by atoms with Gasteiger partial charge in [-0.25, -0.2) is 5.84 Å². The maximum absolute atomic E-state index is 11.3. The first-order valence-electron chi connectivity index (χ1n) is 5.99. The molecule has 3 N–H and O–H groups in total. The normalized spacial score (nSPS) is 10.4. The maximum atomic E-state index is 11.3. The molecule has 106 valence electrons. The van der Waals surface area contributed by atoms with Gasteiger partial charge in [-0.1, -0.05) is 11.6 Å². The molecule has 0 bridgehead atoms. The quantitative estimate of drug-likeness (QED) is 0.516. The molecule has 5 nitrogen and oxygen atoms in total. The Hall–Kier alpha value is -1.98. The number of ether oxygens (including phenoxy) is 1. The van der Waals surface area contributed by atoms with Crippen LogP contribution in [0.1, 0.15) is 27.2 Å². The molecule has 2 rings (SSSR count). The predicted molar refractivity (Wildman–Crippen MR) is 75.6 cm³/mol. The highest BCUT2D eigenvalue weighted by Crippen LogP contribution is 2.26. The van der Waals surface area contributed by atoms with Crippen LogP contribution in [-0.2, 0) is 6.61 Å². The lowest BCUT2D eigenvalue weighted by atomic mass is 10.1. The van der Waals surface area contributed by atoms with Crippen LogP contribution >= 0.6 is 11.6 Å². The molecular weight excluding hydrogens is 280 g/mol. The summed E-state index contributed by atoms with van der Waals surface area (Å²) >= 11 is 6.09. The molecule has 0 aliphatic carbocycles. The fourth-order valence-corrected chi connectivity index (χ4v) is 1.91. The molecule has 0 radical (unpaired) electrons. The van der Waals surface area contributed by atoms with Gasteiger partial charge in [0.05, 0.1) is 5.56 Å². The van der Waals surface area contributed by atoms with Crippen molar-refractivity contribution in [2.75, 3.05) is 0 Å². The Bertz CT molecular complexity index is 614. The molecule has 0 fully saturated rings. The highest BCUT2D eigenvalue weighted by atomic mass is 35.5. The number of carbonyl (C=O) groups excluding carboxylic acids is 1. The number of nitrogens with one attached hydrogen (secondary N) is 1. The highest BCUT2D eigenvalue weighted by Gasteiger charge is 2.10. The molecule has 1 aromatic heterocycles. The van der Waals surface area contributed by atoms with Crippen LogP contribution in [0.15, 0.2) is 28.9 Å². The van der Waals surface area contributed by atoms with Crippen LogP contribution in [0.2, 0.25) is 5.02 Å². The van der Waals surface area contributed by atoms with E-state index in [0.29, 0.717) is 17.1 Å². The first kappa shape index (κ1) is 14.4. The Kier molecular flexibility index (Phi) is 4.32. The fraction of sp³-hybridized carbons (Fsp3) is 0.214. The van der Waals surface area contributed by atoms with Crippen LogP contribution in [-0.4, -0.2) is 5.91 Å². The molecule has 0 unspecified atom stereocenters. The molecule has 6 heteroatoms. The van der Waals surface area contributed by atoms with E-state index < -0.39 is 5.91 Å².